The summed E-state index contributed by atoms with van der Waals surface area (Å²) in [5, 5.41) is 11.9. The highest BCUT2D eigenvalue weighted by Gasteiger charge is 2.21. The molecule has 1 amide bonds. The maximum absolute atomic E-state index is 13.7. The molecule has 0 aliphatic heterocycles. The van der Waals surface area contributed by atoms with Crippen molar-refractivity contribution in [1.29, 1.82) is 0 Å². The standard InChI is InChI=1S/C14H11BrFNO3S/c1-6-7(2)21-13(11(6)14(19)20)17-12(18)9-4-3-8(15)5-10(9)16/h3-5H,1-2H3,(H,17,18)(H,19,20). The zero-order valence-electron chi connectivity index (χ0n) is 11.2. The molecule has 0 aliphatic rings. The summed E-state index contributed by atoms with van der Waals surface area (Å²) in [6.07, 6.45) is 0. The second kappa shape index (κ2) is 5.95. The first-order valence-electron chi connectivity index (χ1n) is 5.91. The van der Waals surface area contributed by atoms with Crippen molar-refractivity contribution in [3.63, 3.8) is 0 Å². The Morgan fingerprint density at radius 1 is 1.33 bits per heavy atom. The molecule has 0 saturated carbocycles. The number of benzene rings is 1. The van der Waals surface area contributed by atoms with E-state index in [4.69, 9.17) is 0 Å². The van der Waals surface area contributed by atoms with Gasteiger partial charge in [-0.25, -0.2) is 9.18 Å². The third-order valence-electron chi connectivity index (χ3n) is 3.00. The fourth-order valence-electron chi connectivity index (χ4n) is 1.82. The van der Waals surface area contributed by atoms with Crippen LogP contribution >= 0.6 is 27.3 Å². The fourth-order valence-corrected chi connectivity index (χ4v) is 3.20. The van der Waals surface area contributed by atoms with Gasteiger partial charge in [-0.1, -0.05) is 15.9 Å². The van der Waals surface area contributed by atoms with Crippen LogP contribution in [0.15, 0.2) is 22.7 Å². The summed E-state index contributed by atoms with van der Waals surface area (Å²) in [5.41, 5.74) is 0.501. The van der Waals surface area contributed by atoms with E-state index < -0.39 is 17.7 Å². The van der Waals surface area contributed by atoms with Gasteiger partial charge >= 0.3 is 5.97 Å². The normalized spacial score (nSPS) is 10.5. The van der Waals surface area contributed by atoms with E-state index in [0.717, 1.165) is 16.2 Å². The molecule has 0 saturated heterocycles. The van der Waals surface area contributed by atoms with Gasteiger partial charge < -0.3 is 10.4 Å². The van der Waals surface area contributed by atoms with Gasteiger partial charge in [0.05, 0.1) is 11.1 Å². The highest BCUT2D eigenvalue weighted by atomic mass is 79.9. The Hall–Kier alpha value is -1.73. The van der Waals surface area contributed by atoms with Crippen molar-refractivity contribution in [2.45, 2.75) is 13.8 Å². The zero-order chi connectivity index (χ0) is 15.7. The van der Waals surface area contributed by atoms with Crippen LogP contribution in [0.2, 0.25) is 0 Å². The predicted molar refractivity (Wildman–Crippen MR) is 82.8 cm³/mol. The summed E-state index contributed by atoms with van der Waals surface area (Å²) in [6, 6.07) is 4.06. The topological polar surface area (TPSA) is 66.4 Å². The molecule has 2 rings (SSSR count). The van der Waals surface area contributed by atoms with Gasteiger partial charge in [0, 0.05) is 9.35 Å². The lowest BCUT2D eigenvalue weighted by Crippen LogP contribution is -2.15. The van der Waals surface area contributed by atoms with Crippen LogP contribution in [0.3, 0.4) is 0 Å². The van der Waals surface area contributed by atoms with Gasteiger partial charge in [-0.05, 0) is 37.6 Å². The number of nitrogens with one attached hydrogen (secondary N) is 1. The Morgan fingerprint density at radius 2 is 2.00 bits per heavy atom. The molecule has 2 N–H and O–H groups in total. The Balaban J connectivity index is 2.36. The second-order valence-corrected chi connectivity index (χ2v) is 6.51. The van der Waals surface area contributed by atoms with Crippen LogP contribution in [-0.4, -0.2) is 17.0 Å². The molecule has 110 valence electrons. The van der Waals surface area contributed by atoms with Crippen molar-refractivity contribution in [3.8, 4) is 0 Å². The third kappa shape index (κ3) is 3.14. The molecule has 0 fully saturated rings. The smallest absolute Gasteiger partial charge is 0.338 e. The lowest BCUT2D eigenvalue weighted by atomic mass is 10.1. The lowest BCUT2D eigenvalue weighted by molar-refractivity contribution is 0.0697. The number of halogens is 2. The highest BCUT2D eigenvalue weighted by molar-refractivity contribution is 9.10. The Morgan fingerprint density at radius 3 is 2.57 bits per heavy atom. The van der Waals surface area contributed by atoms with Crippen molar-refractivity contribution < 1.29 is 19.1 Å². The van der Waals surface area contributed by atoms with Crippen LogP contribution in [-0.2, 0) is 0 Å². The van der Waals surface area contributed by atoms with E-state index in [1.165, 1.54) is 12.1 Å². The molecule has 4 nitrogen and oxygen atoms in total. The molecule has 0 atom stereocenters. The fraction of sp³-hybridized carbons (Fsp3) is 0.143. The Labute approximate surface area is 132 Å². The first-order chi connectivity index (χ1) is 9.81. The molecule has 0 bridgehead atoms. The van der Waals surface area contributed by atoms with Crippen LogP contribution in [0.4, 0.5) is 9.39 Å². The minimum Gasteiger partial charge on any atom is -0.478 e. The molecule has 0 aliphatic carbocycles. The number of thiophene rings is 1. The SMILES string of the molecule is Cc1sc(NC(=O)c2ccc(Br)cc2F)c(C(=O)O)c1C. The summed E-state index contributed by atoms with van der Waals surface area (Å²) >= 11 is 4.27. The summed E-state index contributed by atoms with van der Waals surface area (Å²) in [7, 11) is 0. The molecule has 21 heavy (non-hydrogen) atoms. The maximum atomic E-state index is 13.7. The molecular weight excluding hydrogens is 361 g/mol. The predicted octanol–water partition coefficient (Wildman–Crippen LogP) is 4.22. The van der Waals surface area contributed by atoms with Crippen LogP contribution in [0.1, 0.15) is 31.2 Å². The van der Waals surface area contributed by atoms with Gasteiger partial charge in [0.1, 0.15) is 10.8 Å². The summed E-state index contributed by atoms with van der Waals surface area (Å²) in [5.74, 6) is -2.48. The van der Waals surface area contributed by atoms with Gasteiger partial charge in [0.2, 0.25) is 0 Å². The van der Waals surface area contributed by atoms with E-state index in [9.17, 15) is 19.1 Å². The van der Waals surface area contributed by atoms with Gasteiger partial charge in [-0.15, -0.1) is 11.3 Å². The van der Waals surface area contributed by atoms with E-state index in [-0.39, 0.29) is 16.1 Å². The first-order valence-corrected chi connectivity index (χ1v) is 7.52. The molecule has 2 aromatic rings. The van der Waals surface area contributed by atoms with E-state index in [1.807, 2.05) is 0 Å². The molecule has 7 heteroatoms. The van der Waals surface area contributed by atoms with Crippen LogP contribution in [0, 0.1) is 19.7 Å². The minimum atomic E-state index is -1.12. The molecule has 1 heterocycles. The van der Waals surface area contributed by atoms with E-state index in [1.54, 1.807) is 19.9 Å². The molecular formula is C14H11BrFNO3S. The summed E-state index contributed by atoms with van der Waals surface area (Å²) in [6.45, 7) is 3.44. The number of carboxylic acid groups (broad SMARTS) is 1. The quantitative estimate of drug-likeness (QED) is 0.848. The summed E-state index contributed by atoms with van der Waals surface area (Å²) < 4.78 is 14.3. The van der Waals surface area contributed by atoms with E-state index in [2.05, 4.69) is 21.2 Å². The minimum absolute atomic E-state index is 0.0448. The maximum Gasteiger partial charge on any atom is 0.338 e. The number of anilines is 1. The van der Waals surface area contributed by atoms with Gasteiger partial charge in [-0.3, -0.25) is 4.79 Å². The number of hydrogen-bond donors (Lipinski definition) is 2. The van der Waals surface area contributed by atoms with Crippen molar-refractivity contribution in [2.75, 3.05) is 5.32 Å². The van der Waals surface area contributed by atoms with Crippen molar-refractivity contribution in [3.05, 3.63) is 50.1 Å². The molecule has 0 radical (unpaired) electrons. The second-order valence-electron chi connectivity index (χ2n) is 4.37. The van der Waals surface area contributed by atoms with Crippen LogP contribution in [0.5, 0.6) is 0 Å². The number of carbonyl (C=O) groups excluding carboxylic acids is 1. The largest absolute Gasteiger partial charge is 0.478 e. The van der Waals surface area contributed by atoms with Crippen LogP contribution < -0.4 is 5.32 Å². The first kappa shape index (κ1) is 15.7. The number of hydrogen-bond acceptors (Lipinski definition) is 3. The molecule has 1 aromatic carbocycles. The average Bonchev–Trinajstić information content (AvgIpc) is 2.64. The Kier molecular flexibility index (Phi) is 4.43. The number of aromatic carboxylic acids is 1. The average molecular weight is 372 g/mol. The number of aryl methyl sites for hydroxylation is 1. The zero-order valence-corrected chi connectivity index (χ0v) is 13.6. The number of amides is 1. The van der Waals surface area contributed by atoms with Gasteiger partial charge in [0.25, 0.3) is 5.91 Å². The molecule has 1 aromatic heterocycles. The van der Waals surface area contributed by atoms with Crippen molar-refractivity contribution >= 4 is 44.1 Å². The summed E-state index contributed by atoms with van der Waals surface area (Å²) in [4.78, 5) is 24.1. The van der Waals surface area contributed by atoms with Crippen molar-refractivity contribution in [1.82, 2.24) is 0 Å². The number of carbonyl (C=O) groups is 2. The number of rotatable bonds is 3. The molecule has 0 spiro atoms. The lowest BCUT2D eigenvalue weighted by Gasteiger charge is -2.06. The third-order valence-corrected chi connectivity index (χ3v) is 4.62. The van der Waals surface area contributed by atoms with Crippen LogP contribution in [0.25, 0.3) is 0 Å². The van der Waals surface area contributed by atoms with Gasteiger partial charge in [-0.2, -0.15) is 0 Å². The monoisotopic (exact) mass is 371 g/mol. The Bertz CT molecular complexity index is 742. The number of carboxylic acids is 1. The molecule has 0 unspecified atom stereocenters. The van der Waals surface area contributed by atoms with Gasteiger partial charge in [0.15, 0.2) is 0 Å². The van der Waals surface area contributed by atoms with E-state index in [0.29, 0.717) is 10.0 Å². The van der Waals surface area contributed by atoms with E-state index >= 15 is 0 Å². The highest BCUT2D eigenvalue weighted by Crippen LogP contribution is 2.32. The van der Waals surface area contributed by atoms with Crippen molar-refractivity contribution in [2.24, 2.45) is 0 Å².